The predicted octanol–water partition coefficient (Wildman–Crippen LogP) is 6.89. The van der Waals surface area contributed by atoms with E-state index in [-0.39, 0.29) is 4.65 Å². The van der Waals surface area contributed by atoms with Crippen LogP contribution in [0.15, 0.2) is 4.99 Å². The minimum absolute atomic E-state index is 0.110. The van der Waals surface area contributed by atoms with Gasteiger partial charge in [-0.15, -0.1) is 4.65 Å². The van der Waals surface area contributed by atoms with Gasteiger partial charge < -0.3 is 0 Å². The molecule has 25 heavy (non-hydrogen) atoms. The van der Waals surface area contributed by atoms with Gasteiger partial charge in [-0.3, -0.25) is 0 Å². The highest BCUT2D eigenvalue weighted by atomic mass is 16.5. The van der Waals surface area contributed by atoms with Gasteiger partial charge in [0, 0.05) is 6.42 Å². The zero-order valence-corrected chi connectivity index (χ0v) is 17.3. The summed E-state index contributed by atoms with van der Waals surface area (Å²) in [5.41, 5.74) is 0. The van der Waals surface area contributed by atoms with Gasteiger partial charge in [-0.05, 0) is 13.3 Å². The van der Waals surface area contributed by atoms with Crippen LogP contribution in [0.5, 0.6) is 0 Å². The van der Waals surface area contributed by atoms with Crippen molar-refractivity contribution < 1.29 is 9.85 Å². The Morgan fingerprint density at radius 1 is 0.720 bits per heavy atom. The van der Waals surface area contributed by atoms with Crippen LogP contribution in [0.4, 0.5) is 0 Å². The summed E-state index contributed by atoms with van der Waals surface area (Å²) in [6.07, 6.45) is 22.0. The molecule has 1 aliphatic heterocycles. The van der Waals surface area contributed by atoms with Gasteiger partial charge in [0.25, 0.3) is 0 Å². The van der Waals surface area contributed by atoms with E-state index >= 15 is 0 Å². The molecular weight excluding hydrogens is 308 g/mol. The Morgan fingerprint density at radius 3 is 1.60 bits per heavy atom. The van der Waals surface area contributed by atoms with Gasteiger partial charge in [-0.1, -0.05) is 96.8 Å². The van der Waals surface area contributed by atoms with Gasteiger partial charge in [0.2, 0.25) is 5.84 Å². The highest BCUT2D eigenvalue weighted by Gasteiger charge is 2.34. The summed E-state index contributed by atoms with van der Waals surface area (Å²) in [6.45, 7) is 6.68. The van der Waals surface area contributed by atoms with Crippen molar-refractivity contribution in [3.63, 3.8) is 0 Å². The van der Waals surface area contributed by atoms with Crippen LogP contribution in [-0.4, -0.2) is 35.3 Å². The lowest BCUT2D eigenvalue weighted by molar-refractivity contribution is -1.03. The molecule has 0 radical (unpaired) electrons. The third kappa shape index (κ3) is 10.4. The topological polar surface area (TPSA) is 32.6 Å². The average molecular weight is 354 g/mol. The number of amidine groups is 1. The number of hydroxylamine groups is 3. The zero-order valence-electron chi connectivity index (χ0n) is 17.3. The van der Waals surface area contributed by atoms with E-state index in [0.717, 1.165) is 31.9 Å². The molecule has 0 amide bonds. The molecule has 0 fully saturated rings. The molecule has 1 unspecified atom stereocenters. The first-order valence-corrected chi connectivity index (χ1v) is 11.4. The molecule has 1 aliphatic rings. The van der Waals surface area contributed by atoms with Gasteiger partial charge in [0.1, 0.15) is 13.1 Å². The van der Waals surface area contributed by atoms with Crippen LogP contribution in [0.3, 0.4) is 0 Å². The average Bonchev–Trinajstić information content (AvgIpc) is 2.99. The van der Waals surface area contributed by atoms with Crippen LogP contribution in [0, 0.1) is 0 Å². The minimum Gasteiger partial charge on any atom is -0.230 e. The van der Waals surface area contributed by atoms with Crippen molar-refractivity contribution in [2.24, 2.45) is 4.99 Å². The molecule has 0 aliphatic carbocycles. The largest absolute Gasteiger partial charge is 0.231 e. The maximum absolute atomic E-state index is 10.4. The number of hydrogen-bond donors (Lipinski definition) is 1. The second kappa shape index (κ2) is 14.7. The molecule has 148 valence electrons. The Morgan fingerprint density at radius 2 is 1.16 bits per heavy atom. The molecular formula is C22H45N2O+. The van der Waals surface area contributed by atoms with Gasteiger partial charge in [-0.2, -0.15) is 0 Å². The minimum atomic E-state index is 0.110. The van der Waals surface area contributed by atoms with E-state index in [0.29, 0.717) is 0 Å². The lowest BCUT2D eigenvalue weighted by atomic mass is 10.0. The Hall–Kier alpha value is -0.410. The SMILES string of the molecule is CCCCCCCCCCCCCCCCCC1=NCC[N+]1(O)CC. The fourth-order valence-electron chi connectivity index (χ4n) is 3.89. The summed E-state index contributed by atoms with van der Waals surface area (Å²) in [5, 5.41) is 10.4. The number of nitrogens with zero attached hydrogens (tertiary/aromatic N) is 2. The molecule has 3 nitrogen and oxygen atoms in total. The van der Waals surface area contributed by atoms with Crippen molar-refractivity contribution in [2.75, 3.05) is 19.6 Å². The van der Waals surface area contributed by atoms with Crippen molar-refractivity contribution in [1.29, 1.82) is 0 Å². The molecule has 1 atom stereocenters. The van der Waals surface area contributed by atoms with Crippen LogP contribution in [0.25, 0.3) is 0 Å². The van der Waals surface area contributed by atoms with E-state index in [1.807, 2.05) is 6.92 Å². The van der Waals surface area contributed by atoms with Crippen LogP contribution < -0.4 is 0 Å². The van der Waals surface area contributed by atoms with Crippen LogP contribution >= 0.6 is 0 Å². The van der Waals surface area contributed by atoms with Crippen LogP contribution in [0.1, 0.15) is 117 Å². The third-order valence-corrected chi connectivity index (χ3v) is 5.77. The smallest absolute Gasteiger partial charge is 0.230 e. The molecule has 1 N–H and O–H groups in total. The Bertz CT molecular complexity index is 343. The quantitative estimate of drug-likeness (QED) is 0.224. The van der Waals surface area contributed by atoms with E-state index in [9.17, 15) is 5.21 Å². The molecule has 0 aromatic heterocycles. The first-order chi connectivity index (χ1) is 12.2. The standard InChI is InChI=1S/C22H45N2O/c1-3-5-6-7-8-9-10-11-12-13-14-15-16-17-18-19-22-23-20-21-24(22,25)4-2/h25H,3-21H2,1-2H3/q+1. The molecule has 0 aromatic carbocycles. The summed E-state index contributed by atoms with van der Waals surface area (Å²) in [5.74, 6) is 1.03. The first-order valence-electron chi connectivity index (χ1n) is 11.4. The van der Waals surface area contributed by atoms with Gasteiger partial charge >= 0.3 is 0 Å². The van der Waals surface area contributed by atoms with Gasteiger partial charge in [-0.25, -0.2) is 10.2 Å². The fourth-order valence-corrected chi connectivity index (χ4v) is 3.89. The van der Waals surface area contributed by atoms with E-state index in [4.69, 9.17) is 0 Å². The number of aliphatic imine (C=N–C) groups is 1. The maximum atomic E-state index is 10.4. The zero-order chi connectivity index (χ0) is 18.2. The van der Waals surface area contributed by atoms with Gasteiger partial charge in [0.15, 0.2) is 0 Å². The number of rotatable bonds is 17. The molecule has 0 bridgehead atoms. The highest BCUT2D eigenvalue weighted by Crippen LogP contribution is 2.18. The van der Waals surface area contributed by atoms with Crippen molar-refractivity contribution >= 4 is 5.84 Å². The molecule has 0 saturated heterocycles. The Balaban J connectivity index is 1.79. The fraction of sp³-hybridized carbons (Fsp3) is 0.955. The van der Waals surface area contributed by atoms with E-state index in [1.54, 1.807) is 0 Å². The van der Waals surface area contributed by atoms with Crippen molar-refractivity contribution in [3.8, 4) is 0 Å². The summed E-state index contributed by atoms with van der Waals surface area (Å²) >= 11 is 0. The van der Waals surface area contributed by atoms with E-state index in [2.05, 4.69) is 11.9 Å². The van der Waals surface area contributed by atoms with Crippen LogP contribution in [0.2, 0.25) is 0 Å². The normalized spacial score (nSPS) is 20.2. The van der Waals surface area contributed by atoms with Crippen LogP contribution in [-0.2, 0) is 0 Å². The number of unbranched alkanes of at least 4 members (excludes halogenated alkanes) is 14. The molecule has 3 heteroatoms. The summed E-state index contributed by atoms with van der Waals surface area (Å²) in [4.78, 5) is 4.50. The molecule has 1 heterocycles. The monoisotopic (exact) mass is 353 g/mol. The van der Waals surface area contributed by atoms with Crippen molar-refractivity contribution in [3.05, 3.63) is 0 Å². The lowest BCUT2D eigenvalue weighted by Gasteiger charge is -2.23. The van der Waals surface area contributed by atoms with Crippen molar-refractivity contribution in [1.82, 2.24) is 0 Å². The summed E-state index contributed by atoms with van der Waals surface area (Å²) in [7, 11) is 0. The Kier molecular flexibility index (Phi) is 13.3. The number of likely N-dealkylation sites (N-methyl/N-ethyl adjacent to an activating group) is 1. The Labute approximate surface area is 157 Å². The first kappa shape index (κ1) is 22.6. The number of hydrogen-bond acceptors (Lipinski definition) is 2. The maximum Gasteiger partial charge on any atom is 0.231 e. The van der Waals surface area contributed by atoms with E-state index in [1.165, 1.54) is 96.3 Å². The summed E-state index contributed by atoms with van der Waals surface area (Å²) < 4.78 is 0.110. The molecule has 0 spiro atoms. The molecule has 0 saturated carbocycles. The van der Waals surface area contributed by atoms with Gasteiger partial charge in [0.05, 0.1) is 6.54 Å². The predicted molar refractivity (Wildman–Crippen MR) is 109 cm³/mol. The second-order valence-electron chi connectivity index (χ2n) is 7.96. The number of quaternary nitrogens is 1. The lowest BCUT2D eigenvalue weighted by Crippen LogP contribution is -2.47. The third-order valence-electron chi connectivity index (χ3n) is 5.77. The molecule has 1 rings (SSSR count). The van der Waals surface area contributed by atoms with E-state index < -0.39 is 0 Å². The molecule has 0 aromatic rings. The second-order valence-corrected chi connectivity index (χ2v) is 7.96. The van der Waals surface area contributed by atoms with Crippen molar-refractivity contribution in [2.45, 2.75) is 117 Å². The summed E-state index contributed by atoms with van der Waals surface area (Å²) in [6, 6.07) is 0. The highest BCUT2D eigenvalue weighted by molar-refractivity contribution is 5.76.